The Morgan fingerprint density at radius 3 is 3.00 bits per heavy atom. The van der Waals surface area contributed by atoms with Crippen LogP contribution in [0.25, 0.3) is 0 Å². The second-order valence-corrected chi connectivity index (χ2v) is 5.32. The molecule has 0 spiro atoms. The highest BCUT2D eigenvalue weighted by atomic mass is 32.2. The van der Waals surface area contributed by atoms with Gasteiger partial charge in [-0.25, -0.2) is 4.79 Å². The van der Waals surface area contributed by atoms with Gasteiger partial charge in [-0.15, -0.1) is 11.8 Å². The van der Waals surface area contributed by atoms with Crippen molar-refractivity contribution in [3.8, 4) is 0 Å². The van der Waals surface area contributed by atoms with Gasteiger partial charge in [0.25, 0.3) is 0 Å². The number of carboxylic acid groups (broad SMARTS) is 1. The van der Waals surface area contributed by atoms with E-state index in [-0.39, 0.29) is 17.7 Å². The summed E-state index contributed by atoms with van der Waals surface area (Å²) in [6, 6.07) is 1.01. The Balaban J connectivity index is 2.11. The second kappa shape index (κ2) is 5.43. The molecule has 1 fully saturated rings. The molecule has 2 unspecified atom stereocenters. The molecule has 2 N–H and O–H groups in total. The summed E-state index contributed by atoms with van der Waals surface area (Å²) in [6.07, 6.45) is 2.50. The fourth-order valence-corrected chi connectivity index (χ4v) is 3.41. The minimum Gasteiger partial charge on any atom is -0.480 e. The van der Waals surface area contributed by atoms with Gasteiger partial charge in [0.15, 0.2) is 0 Å². The second-order valence-electron chi connectivity index (χ2n) is 4.11. The third kappa shape index (κ3) is 2.50. The van der Waals surface area contributed by atoms with E-state index in [1.807, 2.05) is 6.92 Å². The van der Waals surface area contributed by atoms with Gasteiger partial charge in [0.2, 0.25) is 5.91 Å². The van der Waals surface area contributed by atoms with E-state index in [1.165, 1.54) is 16.7 Å². The van der Waals surface area contributed by atoms with Gasteiger partial charge in [-0.2, -0.15) is 5.10 Å². The molecule has 0 radical (unpaired) electrons. The molecule has 1 saturated heterocycles. The summed E-state index contributed by atoms with van der Waals surface area (Å²) in [4.78, 5) is 24.8. The molecule has 98 valence electrons. The Kier molecular flexibility index (Phi) is 3.90. The van der Waals surface area contributed by atoms with E-state index in [1.54, 1.807) is 12.3 Å². The van der Waals surface area contributed by atoms with E-state index in [0.29, 0.717) is 11.4 Å². The van der Waals surface area contributed by atoms with Crippen LogP contribution in [0.2, 0.25) is 0 Å². The summed E-state index contributed by atoms with van der Waals surface area (Å²) in [5.74, 6) is -0.636. The number of carbonyl (C=O) groups is 2. The molecule has 1 aliphatic rings. The number of thioether (sulfide) groups is 1. The molecular weight excluding hydrogens is 254 g/mol. The van der Waals surface area contributed by atoms with Crippen LogP contribution in [0, 0.1) is 0 Å². The highest BCUT2D eigenvalue weighted by molar-refractivity contribution is 8.00. The Bertz CT molecular complexity index is 435. The Morgan fingerprint density at radius 1 is 1.67 bits per heavy atom. The third-order valence-electron chi connectivity index (χ3n) is 2.91. The van der Waals surface area contributed by atoms with Gasteiger partial charge >= 0.3 is 5.97 Å². The number of amides is 1. The average molecular weight is 269 g/mol. The van der Waals surface area contributed by atoms with Crippen LogP contribution in [0.1, 0.15) is 19.0 Å². The van der Waals surface area contributed by atoms with Gasteiger partial charge in [0.05, 0.1) is 11.8 Å². The van der Waals surface area contributed by atoms with Crippen molar-refractivity contribution in [2.45, 2.75) is 31.2 Å². The molecule has 18 heavy (non-hydrogen) atoms. The zero-order valence-electron chi connectivity index (χ0n) is 10.00. The first-order valence-electron chi connectivity index (χ1n) is 5.77. The van der Waals surface area contributed by atoms with Crippen LogP contribution in [0.5, 0.6) is 0 Å². The van der Waals surface area contributed by atoms with Gasteiger partial charge in [-0.05, 0) is 12.5 Å². The zero-order valence-corrected chi connectivity index (χ0v) is 10.8. The molecule has 1 aromatic heterocycles. The molecule has 0 aliphatic carbocycles. The molecule has 2 rings (SSSR count). The topological polar surface area (TPSA) is 86.3 Å². The molecule has 0 aromatic carbocycles. The van der Waals surface area contributed by atoms with Crippen molar-refractivity contribution in [3.63, 3.8) is 0 Å². The Hall–Kier alpha value is -1.50. The van der Waals surface area contributed by atoms with Gasteiger partial charge in [-0.3, -0.25) is 9.89 Å². The van der Waals surface area contributed by atoms with Crippen LogP contribution in [-0.2, 0) is 16.0 Å². The van der Waals surface area contributed by atoms with Crippen LogP contribution >= 0.6 is 11.8 Å². The smallest absolute Gasteiger partial charge is 0.327 e. The predicted molar refractivity (Wildman–Crippen MR) is 67.1 cm³/mol. The molecule has 0 bridgehead atoms. The number of carboxylic acids is 1. The molecule has 1 aliphatic heterocycles. The van der Waals surface area contributed by atoms with Crippen molar-refractivity contribution in [1.82, 2.24) is 15.1 Å². The lowest BCUT2D eigenvalue weighted by molar-refractivity contribution is -0.148. The van der Waals surface area contributed by atoms with Crippen molar-refractivity contribution in [1.29, 1.82) is 0 Å². The molecule has 1 amide bonds. The molecule has 6 nitrogen and oxygen atoms in total. The first kappa shape index (κ1) is 12.9. The standard InChI is InChI=1S/C11H15N3O3S/c1-2-10-14(8(6-18-10)11(16)17)9(15)5-7-3-4-12-13-7/h3-4,8,10H,2,5-6H2,1H3,(H,12,13)(H,16,17). The number of H-pyrrole nitrogens is 1. The molecule has 2 atom stereocenters. The Labute approximate surface area is 109 Å². The largest absolute Gasteiger partial charge is 0.480 e. The predicted octanol–water partition coefficient (Wildman–Crippen LogP) is 0.717. The van der Waals surface area contributed by atoms with E-state index < -0.39 is 12.0 Å². The maximum Gasteiger partial charge on any atom is 0.327 e. The van der Waals surface area contributed by atoms with Gasteiger partial charge in [0.1, 0.15) is 6.04 Å². The molecule has 0 saturated carbocycles. The van der Waals surface area contributed by atoms with Crippen LogP contribution < -0.4 is 0 Å². The molecule has 1 aromatic rings. The van der Waals surface area contributed by atoms with E-state index in [0.717, 1.165) is 6.42 Å². The zero-order chi connectivity index (χ0) is 13.1. The first-order valence-corrected chi connectivity index (χ1v) is 6.82. The van der Waals surface area contributed by atoms with E-state index in [4.69, 9.17) is 5.11 Å². The number of hydrogen-bond acceptors (Lipinski definition) is 4. The normalized spacial score (nSPS) is 23.3. The number of hydrogen-bond donors (Lipinski definition) is 2. The summed E-state index contributed by atoms with van der Waals surface area (Å²) < 4.78 is 0. The molecular formula is C11H15N3O3S. The van der Waals surface area contributed by atoms with Crippen molar-refractivity contribution in [2.24, 2.45) is 0 Å². The molecule has 2 heterocycles. The van der Waals surface area contributed by atoms with Crippen LogP contribution in [0.3, 0.4) is 0 Å². The fourth-order valence-electron chi connectivity index (χ4n) is 2.04. The highest BCUT2D eigenvalue weighted by Crippen LogP contribution is 2.31. The van der Waals surface area contributed by atoms with Gasteiger partial charge in [-0.1, -0.05) is 6.92 Å². The number of nitrogens with zero attached hydrogens (tertiary/aromatic N) is 2. The summed E-state index contributed by atoms with van der Waals surface area (Å²) in [5, 5.41) is 15.6. The lowest BCUT2D eigenvalue weighted by Crippen LogP contribution is -2.46. The Morgan fingerprint density at radius 2 is 2.44 bits per heavy atom. The quantitative estimate of drug-likeness (QED) is 0.841. The summed E-state index contributed by atoms with van der Waals surface area (Å²) in [7, 11) is 0. The average Bonchev–Trinajstić information content (AvgIpc) is 2.95. The van der Waals surface area contributed by atoms with Crippen molar-refractivity contribution >= 4 is 23.6 Å². The maximum atomic E-state index is 12.2. The monoisotopic (exact) mass is 269 g/mol. The van der Waals surface area contributed by atoms with Gasteiger partial charge in [0, 0.05) is 17.6 Å². The van der Waals surface area contributed by atoms with E-state index in [9.17, 15) is 9.59 Å². The van der Waals surface area contributed by atoms with Crippen LogP contribution in [-0.4, -0.2) is 49.2 Å². The number of rotatable bonds is 4. The third-order valence-corrected chi connectivity index (χ3v) is 4.37. The summed E-state index contributed by atoms with van der Waals surface area (Å²) >= 11 is 1.53. The summed E-state index contributed by atoms with van der Waals surface area (Å²) in [5.41, 5.74) is 0.705. The SMILES string of the molecule is CCC1SCC(C(=O)O)N1C(=O)Cc1ccn[nH]1. The number of carbonyl (C=O) groups excluding carboxylic acids is 1. The fraction of sp³-hybridized carbons (Fsp3) is 0.545. The number of aromatic nitrogens is 2. The van der Waals surface area contributed by atoms with E-state index >= 15 is 0 Å². The molecule has 7 heteroatoms. The summed E-state index contributed by atoms with van der Waals surface area (Å²) in [6.45, 7) is 1.96. The first-order chi connectivity index (χ1) is 8.63. The minimum absolute atomic E-state index is 0.0403. The highest BCUT2D eigenvalue weighted by Gasteiger charge is 2.40. The van der Waals surface area contributed by atoms with E-state index in [2.05, 4.69) is 10.2 Å². The maximum absolute atomic E-state index is 12.2. The van der Waals surface area contributed by atoms with Crippen molar-refractivity contribution in [3.05, 3.63) is 18.0 Å². The number of nitrogens with one attached hydrogen (secondary N) is 1. The lowest BCUT2D eigenvalue weighted by Gasteiger charge is -2.26. The number of aliphatic carboxylic acids is 1. The number of aromatic amines is 1. The lowest BCUT2D eigenvalue weighted by atomic mass is 10.2. The van der Waals surface area contributed by atoms with Crippen molar-refractivity contribution in [2.75, 3.05) is 5.75 Å². The van der Waals surface area contributed by atoms with Crippen LogP contribution in [0.4, 0.5) is 0 Å². The van der Waals surface area contributed by atoms with Gasteiger partial charge < -0.3 is 10.0 Å². The van der Waals surface area contributed by atoms with Crippen molar-refractivity contribution < 1.29 is 14.7 Å². The van der Waals surface area contributed by atoms with Crippen LogP contribution in [0.15, 0.2) is 12.3 Å². The minimum atomic E-state index is -0.934.